The van der Waals surface area contributed by atoms with Crippen LogP contribution in [0.3, 0.4) is 0 Å². The first-order valence-electron chi connectivity index (χ1n) is 5.31. The molecule has 16 heavy (non-hydrogen) atoms. The van der Waals surface area contributed by atoms with Crippen molar-refractivity contribution in [3.05, 3.63) is 26.5 Å². The van der Waals surface area contributed by atoms with Crippen molar-refractivity contribution in [3.8, 4) is 0 Å². The van der Waals surface area contributed by atoms with Gasteiger partial charge in [-0.25, -0.2) is 4.98 Å². The second kappa shape index (κ2) is 3.96. The van der Waals surface area contributed by atoms with Gasteiger partial charge in [0.1, 0.15) is 11.3 Å². The second-order valence-corrected chi connectivity index (χ2v) is 3.80. The van der Waals surface area contributed by atoms with E-state index in [-0.39, 0.29) is 16.6 Å². The minimum atomic E-state index is -0.354. The summed E-state index contributed by atoms with van der Waals surface area (Å²) in [6.45, 7) is 2.09. The Balaban J connectivity index is 2.68. The third kappa shape index (κ3) is 1.56. The summed E-state index contributed by atoms with van der Waals surface area (Å²) in [5.41, 5.74) is -0.104. The molecule has 0 bridgehead atoms. The second-order valence-electron chi connectivity index (χ2n) is 3.80. The third-order valence-corrected chi connectivity index (χ3v) is 2.66. The van der Waals surface area contributed by atoms with Crippen LogP contribution in [0.2, 0.25) is 0 Å². The predicted molar refractivity (Wildman–Crippen MR) is 60.6 cm³/mol. The van der Waals surface area contributed by atoms with Gasteiger partial charge in [-0.2, -0.15) is 0 Å². The average molecular weight is 222 g/mol. The van der Waals surface area contributed by atoms with E-state index in [1.54, 1.807) is 11.6 Å². The van der Waals surface area contributed by atoms with Crippen molar-refractivity contribution in [1.29, 1.82) is 0 Å². The van der Waals surface area contributed by atoms with E-state index >= 15 is 0 Å². The quantitative estimate of drug-likeness (QED) is 0.783. The van der Waals surface area contributed by atoms with E-state index in [0.29, 0.717) is 5.52 Å². The number of nitrogens with one attached hydrogen (secondary N) is 2. The number of unbranched alkanes of at least 4 members (excludes halogenated alkanes) is 1. The largest absolute Gasteiger partial charge is 0.326 e. The molecule has 0 saturated carbocycles. The minimum Gasteiger partial charge on any atom is -0.326 e. The molecule has 0 aromatic carbocycles. The van der Waals surface area contributed by atoms with Crippen molar-refractivity contribution in [1.82, 2.24) is 19.7 Å². The van der Waals surface area contributed by atoms with Gasteiger partial charge in [0.15, 0.2) is 5.52 Å². The van der Waals surface area contributed by atoms with Crippen molar-refractivity contribution >= 4 is 11.0 Å². The number of hydrogen-bond donors (Lipinski definition) is 2. The maximum atomic E-state index is 11.6. The van der Waals surface area contributed by atoms with Gasteiger partial charge in [-0.05, 0) is 6.42 Å². The standard InChI is InChI=1S/C10H14N4O2/c1-3-4-5-6-11-7-8(14(6)2)10(16)13-12-9(7)15/h3-5H2,1-2H3,(H,12,15)(H,13,16). The van der Waals surface area contributed by atoms with E-state index in [1.165, 1.54) is 0 Å². The molecule has 2 aromatic rings. The van der Waals surface area contributed by atoms with Gasteiger partial charge in [0.25, 0.3) is 11.1 Å². The van der Waals surface area contributed by atoms with Crippen LogP contribution in [0.25, 0.3) is 11.0 Å². The lowest BCUT2D eigenvalue weighted by molar-refractivity contribution is 0.719. The molecule has 0 radical (unpaired) electrons. The zero-order chi connectivity index (χ0) is 11.7. The van der Waals surface area contributed by atoms with Crippen LogP contribution in [-0.4, -0.2) is 19.7 Å². The zero-order valence-corrected chi connectivity index (χ0v) is 9.33. The first kappa shape index (κ1) is 10.7. The molecule has 0 aliphatic carbocycles. The molecule has 0 fully saturated rings. The van der Waals surface area contributed by atoms with E-state index < -0.39 is 0 Å². The maximum absolute atomic E-state index is 11.6. The van der Waals surface area contributed by atoms with Gasteiger partial charge in [-0.3, -0.25) is 19.8 Å². The fourth-order valence-corrected chi connectivity index (χ4v) is 1.75. The molecule has 2 heterocycles. The summed E-state index contributed by atoms with van der Waals surface area (Å²) >= 11 is 0. The minimum absolute atomic E-state index is 0.220. The molecule has 0 aliphatic heterocycles. The van der Waals surface area contributed by atoms with Crippen LogP contribution in [-0.2, 0) is 13.5 Å². The Hall–Kier alpha value is -1.85. The summed E-state index contributed by atoms with van der Waals surface area (Å²) in [5, 5.41) is 4.57. The number of aromatic nitrogens is 4. The molecule has 6 heteroatoms. The molecular weight excluding hydrogens is 208 g/mol. The molecule has 0 spiro atoms. The summed E-state index contributed by atoms with van der Waals surface area (Å²) in [5.74, 6) is 0.777. The lowest BCUT2D eigenvalue weighted by Gasteiger charge is -1.99. The summed E-state index contributed by atoms with van der Waals surface area (Å²) in [6.07, 6.45) is 2.82. The number of H-pyrrole nitrogens is 2. The number of fused-ring (bicyclic) bond motifs is 1. The smallest absolute Gasteiger partial charge is 0.290 e. The topological polar surface area (TPSA) is 83.5 Å². The maximum Gasteiger partial charge on any atom is 0.290 e. The predicted octanol–water partition coefficient (Wildman–Crippen LogP) is 0.292. The highest BCUT2D eigenvalue weighted by atomic mass is 16.1. The van der Waals surface area contributed by atoms with Gasteiger partial charge in [0.2, 0.25) is 0 Å². The summed E-state index contributed by atoms with van der Waals surface area (Å²) in [7, 11) is 1.76. The van der Waals surface area contributed by atoms with E-state index in [1.807, 2.05) is 0 Å². The molecular formula is C10H14N4O2. The molecule has 0 aliphatic rings. The van der Waals surface area contributed by atoms with Gasteiger partial charge < -0.3 is 4.57 Å². The number of aromatic amines is 2. The number of hydrogen-bond acceptors (Lipinski definition) is 3. The molecule has 0 unspecified atom stereocenters. The normalized spacial score (nSPS) is 11.1. The van der Waals surface area contributed by atoms with Crippen LogP contribution < -0.4 is 11.1 Å². The van der Waals surface area contributed by atoms with Crippen LogP contribution in [0.5, 0.6) is 0 Å². The fourth-order valence-electron chi connectivity index (χ4n) is 1.75. The van der Waals surface area contributed by atoms with Gasteiger partial charge >= 0.3 is 0 Å². The van der Waals surface area contributed by atoms with Crippen molar-refractivity contribution in [2.45, 2.75) is 26.2 Å². The van der Waals surface area contributed by atoms with Crippen molar-refractivity contribution in [2.24, 2.45) is 7.05 Å². The highest BCUT2D eigenvalue weighted by Crippen LogP contribution is 2.08. The molecule has 0 amide bonds. The summed E-state index contributed by atoms with van der Waals surface area (Å²) < 4.78 is 1.69. The number of imidazole rings is 1. The lowest BCUT2D eigenvalue weighted by Crippen LogP contribution is -2.20. The van der Waals surface area contributed by atoms with E-state index in [9.17, 15) is 9.59 Å². The van der Waals surface area contributed by atoms with Gasteiger partial charge in [-0.15, -0.1) is 0 Å². The molecule has 86 valence electrons. The fraction of sp³-hybridized carbons (Fsp3) is 0.500. The summed E-state index contributed by atoms with van der Waals surface area (Å²) in [4.78, 5) is 27.2. The summed E-state index contributed by atoms with van der Waals surface area (Å²) in [6, 6.07) is 0. The van der Waals surface area contributed by atoms with E-state index in [0.717, 1.165) is 25.1 Å². The van der Waals surface area contributed by atoms with Crippen LogP contribution in [0.15, 0.2) is 9.59 Å². The first-order valence-corrected chi connectivity index (χ1v) is 5.31. The van der Waals surface area contributed by atoms with Crippen LogP contribution in [0.1, 0.15) is 25.6 Å². The molecule has 0 saturated heterocycles. The SMILES string of the molecule is CCCCc1nc2c(=O)[nH][nH]c(=O)c2n1C. The van der Waals surface area contributed by atoms with E-state index in [4.69, 9.17) is 0 Å². The Kier molecular flexibility index (Phi) is 2.64. The molecule has 2 aromatic heterocycles. The number of rotatable bonds is 3. The van der Waals surface area contributed by atoms with Crippen LogP contribution in [0, 0.1) is 0 Å². The van der Waals surface area contributed by atoms with Crippen molar-refractivity contribution < 1.29 is 0 Å². The van der Waals surface area contributed by atoms with Crippen LogP contribution in [0.4, 0.5) is 0 Å². The average Bonchev–Trinajstić information content (AvgIpc) is 2.60. The first-order chi connectivity index (χ1) is 7.65. The monoisotopic (exact) mass is 222 g/mol. The van der Waals surface area contributed by atoms with Gasteiger partial charge in [-0.1, -0.05) is 13.3 Å². The highest BCUT2D eigenvalue weighted by molar-refractivity contribution is 5.73. The number of aryl methyl sites for hydroxylation is 2. The molecule has 2 N–H and O–H groups in total. The Bertz CT molecular complexity index is 620. The Morgan fingerprint density at radius 2 is 1.94 bits per heavy atom. The number of nitrogens with zero attached hydrogens (tertiary/aromatic N) is 2. The Morgan fingerprint density at radius 3 is 2.56 bits per heavy atom. The highest BCUT2D eigenvalue weighted by Gasteiger charge is 2.12. The van der Waals surface area contributed by atoms with E-state index in [2.05, 4.69) is 22.1 Å². The van der Waals surface area contributed by atoms with Crippen molar-refractivity contribution in [2.75, 3.05) is 0 Å². The molecule has 0 atom stereocenters. The van der Waals surface area contributed by atoms with Gasteiger partial charge in [0, 0.05) is 13.5 Å². The third-order valence-electron chi connectivity index (χ3n) is 2.66. The lowest BCUT2D eigenvalue weighted by atomic mass is 10.2. The van der Waals surface area contributed by atoms with Gasteiger partial charge in [0.05, 0.1) is 0 Å². The Morgan fingerprint density at radius 1 is 1.25 bits per heavy atom. The van der Waals surface area contributed by atoms with Crippen molar-refractivity contribution in [3.63, 3.8) is 0 Å². The molecule has 6 nitrogen and oxygen atoms in total. The van der Waals surface area contributed by atoms with Crippen LogP contribution >= 0.6 is 0 Å². The zero-order valence-electron chi connectivity index (χ0n) is 9.33. The molecule has 2 rings (SSSR count). The Labute approximate surface area is 91.3 Å².